The summed E-state index contributed by atoms with van der Waals surface area (Å²) in [5.74, 6) is 0.0652. The number of hydrogen-bond donors (Lipinski definition) is 0. The number of carbonyl (C=O) groups is 1. The van der Waals surface area contributed by atoms with E-state index in [0.717, 1.165) is 40.8 Å². The van der Waals surface area contributed by atoms with Gasteiger partial charge >= 0.3 is 0 Å². The average molecular weight is 336 g/mol. The summed E-state index contributed by atoms with van der Waals surface area (Å²) in [7, 11) is 0. The molecular weight excluding hydrogens is 318 g/mol. The minimum Gasteiger partial charge on any atom is -0.339 e. The van der Waals surface area contributed by atoms with Crippen LogP contribution in [0.2, 0.25) is 4.34 Å². The molecule has 1 fully saturated rings. The fourth-order valence-electron chi connectivity index (χ4n) is 2.81. The van der Waals surface area contributed by atoms with E-state index in [9.17, 15) is 4.79 Å². The number of nitrogens with zero attached hydrogens (tertiary/aromatic N) is 3. The van der Waals surface area contributed by atoms with Gasteiger partial charge in [-0.3, -0.25) is 9.78 Å². The summed E-state index contributed by atoms with van der Waals surface area (Å²) >= 11 is 7.54. The Kier molecular flexibility index (Phi) is 4.19. The Bertz CT molecular complexity index is 692. The number of rotatable bonds is 2. The van der Waals surface area contributed by atoms with Crippen molar-refractivity contribution in [1.29, 1.82) is 0 Å². The Morgan fingerprint density at radius 2 is 2.05 bits per heavy atom. The van der Waals surface area contributed by atoms with Gasteiger partial charge in [0, 0.05) is 30.9 Å². The van der Waals surface area contributed by atoms with E-state index in [0.29, 0.717) is 5.56 Å². The molecule has 0 N–H and O–H groups in total. The third-order valence-electron chi connectivity index (χ3n) is 4.27. The van der Waals surface area contributed by atoms with Gasteiger partial charge in [-0.15, -0.1) is 11.3 Å². The van der Waals surface area contributed by atoms with Crippen molar-refractivity contribution in [2.75, 3.05) is 13.1 Å². The van der Waals surface area contributed by atoms with Crippen molar-refractivity contribution < 1.29 is 4.79 Å². The molecule has 0 radical (unpaired) electrons. The van der Waals surface area contributed by atoms with Crippen LogP contribution >= 0.6 is 22.9 Å². The fourth-order valence-corrected chi connectivity index (χ4v) is 3.92. The zero-order valence-electron chi connectivity index (χ0n) is 12.7. The first-order chi connectivity index (χ1) is 10.5. The van der Waals surface area contributed by atoms with Crippen LogP contribution in [0.3, 0.4) is 0 Å². The molecular formula is C16H18ClN3OS. The van der Waals surface area contributed by atoms with Crippen molar-refractivity contribution in [1.82, 2.24) is 14.9 Å². The van der Waals surface area contributed by atoms with Crippen molar-refractivity contribution in [3.63, 3.8) is 0 Å². The maximum atomic E-state index is 12.6. The monoisotopic (exact) mass is 335 g/mol. The van der Waals surface area contributed by atoms with Gasteiger partial charge in [0.25, 0.3) is 5.91 Å². The number of aryl methyl sites for hydroxylation is 1. The fraction of sp³-hybridized carbons (Fsp3) is 0.438. The molecule has 1 amide bonds. The highest BCUT2D eigenvalue weighted by atomic mass is 35.5. The van der Waals surface area contributed by atoms with Crippen LogP contribution in [0.5, 0.6) is 0 Å². The lowest BCUT2D eigenvalue weighted by Crippen LogP contribution is -2.43. The van der Waals surface area contributed by atoms with Gasteiger partial charge in [0.2, 0.25) is 0 Å². The Balaban J connectivity index is 1.70. The third-order valence-corrected chi connectivity index (χ3v) is 5.69. The summed E-state index contributed by atoms with van der Waals surface area (Å²) in [5.41, 5.74) is 1.69. The molecule has 116 valence electrons. The van der Waals surface area contributed by atoms with Crippen LogP contribution in [0.15, 0.2) is 24.7 Å². The van der Waals surface area contributed by atoms with Crippen LogP contribution in [-0.4, -0.2) is 33.9 Å². The first-order valence-electron chi connectivity index (χ1n) is 7.31. The second kappa shape index (κ2) is 5.97. The molecule has 2 aromatic rings. The standard InChI is InChI=1S/C16H18ClN3OS/c1-11-7-12(9-18-8-11)14(21)20-5-3-16(2,4-6-20)15-19-10-13(17)22-15/h7-10H,3-6H2,1-2H3. The van der Waals surface area contributed by atoms with E-state index < -0.39 is 0 Å². The van der Waals surface area contributed by atoms with Crippen LogP contribution in [0.4, 0.5) is 0 Å². The number of carbonyl (C=O) groups excluding carboxylic acids is 1. The van der Waals surface area contributed by atoms with E-state index in [1.165, 1.54) is 0 Å². The number of piperidine rings is 1. The van der Waals surface area contributed by atoms with E-state index in [4.69, 9.17) is 11.6 Å². The van der Waals surface area contributed by atoms with Crippen molar-refractivity contribution in [3.05, 3.63) is 45.1 Å². The van der Waals surface area contributed by atoms with E-state index >= 15 is 0 Å². The SMILES string of the molecule is Cc1cncc(C(=O)N2CCC(C)(c3ncc(Cl)s3)CC2)c1. The maximum absolute atomic E-state index is 12.6. The molecule has 0 bridgehead atoms. The Morgan fingerprint density at radius 3 is 2.64 bits per heavy atom. The van der Waals surface area contributed by atoms with Gasteiger partial charge in [-0.05, 0) is 31.4 Å². The molecule has 0 unspecified atom stereocenters. The first kappa shape index (κ1) is 15.4. The first-order valence-corrected chi connectivity index (χ1v) is 8.50. The molecule has 1 saturated heterocycles. The number of aromatic nitrogens is 2. The molecule has 3 rings (SSSR count). The van der Waals surface area contributed by atoms with Crippen molar-refractivity contribution in [3.8, 4) is 0 Å². The second-order valence-electron chi connectivity index (χ2n) is 6.07. The molecule has 0 atom stereocenters. The molecule has 3 heterocycles. The van der Waals surface area contributed by atoms with Gasteiger partial charge in [-0.1, -0.05) is 18.5 Å². The Hall–Kier alpha value is -1.46. The van der Waals surface area contributed by atoms with E-state index in [-0.39, 0.29) is 11.3 Å². The van der Waals surface area contributed by atoms with Crippen LogP contribution in [-0.2, 0) is 5.41 Å². The van der Waals surface area contributed by atoms with Crippen LogP contribution in [0, 0.1) is 6.92 Å². The molecule has 4 nitrogen and oxygen atoms in total. The molecule has 2 aromatic heterocycles. The average Bonchev–Trinajstić information content (AvgIpc) is 2.95. The number of pyridine rings is 1. The number of amides is 1. The van der Waals surface area contributed by atoms with Gasteiger partial charge in [-0.25, -0.2) is 4.98 Å². The molecule has 0 spiro atoms. The summed E-state index contributed by atoms with van der Waals surface area (Å²) in [5, 5.41) is 1.07. The van der Waals surface area contributed by atoms with Gasteiger partial charge in [0.1, 0.15) is 9.34 Å². The molecule has 0 aliphatic carbocycles. The van der Waals surface area contributed by atoms with Gasteiger partial charge in [-0.2, -0.15) is 0 Å². The Labute approximate surface area is 139 Å². The van der Waals surface area contributed by atoms with Crippen LogP contribution < -0.4 is 0 Å². The van der Waals surface area contributed by atoms with E-state index in [1.807, 2.05) is 17.9 Å². The summed E-state index contributed by atoms with van der Waals surface area (Å²) in [6.07, 6.45) is 6.92. The summed E-state index contributed by atoms with van der Waals surface area (Å²) in [4.78, 5) is 23.0. The number of hydrogen-bond acceptors (Lipinski definition) is 4. The van der Waals surface area contributed by atoms with Crippen LogP contribution in [0.1, 0.15) is 40.7 Å². The molecule has 0 saturated carbocycles. The van der Waals surface area contributed by atoms with Crippen LogP contribution in [0.25, 0.3) is 0 Å². The van der Waals surface area contributed by atoms with Crippen molar-refractivity contribution in [2.45, 2.75) is 32.1 Å². The highest BCUT2D eigenvalue weighted by molar-refractivity contribution is 7.15. The second-order valence-corrected chi connectivity index (χ2v) is 7.74. The zero-order valence-corrected chi connectivity index (χ0v) is 14.2. The Morgan fingerprint density at radius 1 is 1.32 bits per heavy atom. The minimum absolute atomic E-state index is 0.0133. The maximum Gasteiger partial charge on any atom is 0.255 e. The molecule has 1 aliphatic rings. The normalized spacial score (nSPS) is 17.5. The highest BCUT2D eigenvalue weighted by Gasteiger charge is 2.35. The number of halogens is 1. The quantitative estimate of drug-likeness (QED) is 0.840. The van der Waals surface area contributed by atoms with Crippen molar-refractivity contribution >= 4 is 28.8 Å². The molecule has 1 aliphatic heterocycles. The predicted octanol–water partition coefficient (Wildman–Crippen LogP) is 3.69. The van der Waals surface area contributed by atoms with E-state index in [1.54, 1.807) is 29.9 Å². The lowest BCUT2D eigenvalue weighted by Gasteiger charge is -2.38. The van der Waals surface area contributed by atoms with Crippen molar-refractivity contribution in [2.24, 2.45) is 0 Å². The predicted molar refractivity (Wildman–Crippen MR) is 88.6 cm³/mol. The van der Waals surface area contributed by atoms with Gasteiger partial charge in [0.15, 0.2) is 0 Å². The lowest BCUT2D eigenvalue weighted by atomic mass is 9.81. The third kappa shape index (κ3) is 3.01. The summed E-state index contributed by atoms with van der Waals surface area (Å²) in [6, 6.07) is 1.89. The van der Waals surface area contributed by atoms with Gasteiger partial charge < -0.3 is 4.90 Å². The smallest absolute Gasteiger partial charge is 0.255 e. The molecule has 0 aromatic carbocycles. The number of thiazole rings is 1. The summed E-state index contributed by atoms with van der Waals surface area (Å²) < 4.78 is 0.723. The zero-order chi connectivity index (χ0) is 15.7. The molecule has 6 heteroatoms. The molecule has 22 heavy (non-hydrogen) atoms. The lowest BCUT2D eigenvalue weighted by molar-refractivity contribution is 0.0675. The topological polar surface area (TPSA) is 46.1 Å². The number of likely N-dealkylation sites (tertiary alicyclic amines) is 1. The summed E-state index contributed by atoms with van der Waals surface area (Å²) in [6.45, 7) is 5.63. The highest BCUT2D eigenvalue weighted by Crippen LogP contribution is 2.38. The van der Waals surface area contributed by atoms with Gasteiger partial charge in [0.05, 0.1) is 11.8 Å². The largest absolute Gasteiger partial charge is 0.339 e. The van der Waals surface area contributed by atoms with E-state index in [2.05, 4.69) is 16.9 Å². The minimum atomic E-state index is 0.0133.